The Morgan fingerprint density at radius 2 is 1.82 bits per heavy atom. The van der Waals surface area contributed by atoms with Gasteiger partial charge in [-0.1, -0.05) is 32.6 Å². The van der Waals surface area contributed by atoms with Gasteiger partial charge in [-0.3, -0.25) is 4.79 Å². The Bertz CT molecular complexity index is 759. The number of fused-ring (bicyclic) bond motifs is 5. The average molecular weight is 383 g/mol. The van der Waals surface area contributed by atoms with Crippen molar-refractivity contribution in [1.82, 2.24) is 0 Å². The first kappa shape index (κ1) is 19.8. The van der Waals surface area contributed by atoms with Crippen molar-refractivity contribution in [3.63, 3.8) is 0 Å². The Kier molecular flexibility index (Phi) is 4.45. The highest BCUT2D eigenvalue weighted by Gasteiger charge is 2.67. The predicted molar refractivity (Wildman–Crippen MR) is 109 cm³/mol. The highest BCUT2D eigenvalue weighted by Crippen LogP contribution is 2.70. The van der Waals surface area contributed by atoms with Gasteiger partial charge in [0.2, 0.25) is 0 Å². The number of aliphatic hydroxyl groups is 1. The average Bonchev–Trinajstić information content (AvgIpc) is 3.12. The molecule has 4 fully saturated rings. The quantitative estimate of drug-likeness (QED) is 0.571. The number of rotatable bonds is 2. The maximum atomic E-state index is 12.2. The van der Waals surface area contributed by atoms with E-state index in [1.165, 1.54) is 6.42 Å². The number of terminal acetylenes is 2. The van der Waals surface area contributed by atoms with Gasteiger partial charge in [-0.05, 0) is 80.5 Å². The van der Waals surface area contributed by atoms with Crippen molar-refractivity contribution in [2.45, 2.75) is 89.8 Å². The fraction of sp³-hybridized carbons (Fsp3) is 0.800. The molecule has 1 N–H and O–H groups in total. The Morgan fingerprint density at radius 1 is 1.11 bits per heavy atom. The molecule has 4 aliphatic carbocycles. The molecule has 8 atom stereocenters. The first-order valence-electron chi connectivity index (χ1n) is 11.1. The molecule has 0 heterocycles. The molecule has 0 radical (unpaired) electrons. The molecule has 0 unspecified atom stereocenters. The van der Waals surface area contributed by atoms with Crippen LogP contribution in [0.4, 0.5) is 0 Å². The van der Waals surface area contributed by atoms with Gasteiger partial charge < -0.3 is 9.84 Å². The maximum absolute atomic E-state index is 12.2. The lowest BCUT2D eigenvalue weighted by Gasteiger charge is -2.58. The summed E-state index contributed by atoms with van der Waals surface area (Å²) in [7, 11) is 0. The van der Waals surface area contributed by atoms with E-state index in [-0.39, 0.29) is 16.8 Å². The molecular weight excluding hydrogens is 348 g/mol. The third kappa shape index (κ3) is 2.45. The second-order valence-electron chi connectivity index (χ2n) is 10.5. The van der Waals surface area contributed by atoms with Gasteiger partial charge in [0.15, 0.2) is 5.60 Å². The summed E-state index contributed by atoms with van der Waals surface area (Å²) in [6.07, 6.45) is 19.7. The van der Waals surface area contributed by atoms with Crippen LogP contribution in [0.2, 0.25) is 0 Å². The minimum absolute atomic E-state index is 0.104. The standard InChI is InChI=1S/C25H34O3/c1-6-21(26)28-25(8-3)14-12-20-18-10-9-17-15-24(27,7-2)16-22(17,4)19(18)11-13-23(20,25)5/h2-3,17-20,27H,6,9-16H2,1,4-5H3/t17-,18+,19-,20-,22-,23-,24+,25-/m0/s1. The van der Waals surface area contributed by atoms with E-state index < -0.39 is 11.2 Å². The summed E-state index contributed by atoms with van der Waals surface area (Å²) < 4.78 is 5.97. The topological polar surface area (TPSA) is 46.5 Å². The van der Waals surface area contributed by atoms with Crippen molar-refractivity contribution in [2.75, 3.05) is 0 Å². The summed E-state index contributed by atoms with van der Waals surface area (Å²) in [6.45, 7) is 6.46. The van der Waals surface area contributed by atoms with Crippen LogP contribution in [0.25, 0.3) is 0 Å². The Hall–Kier alpha value is -1.45. The second kappa shape index (κ2) is 6.27. The number of esters is 1. The van der Waals surface area contributed by atoms with Gasteiger partial charge in [0.1, 0.15) is 5.60 Å². The second-order valence-corrected chi connectivity index (χ2v) is 10.5. The molecule has 28 heavy (non-hydrogen) atoms. The molecule has 4 rings (SSSR count). The largest absolute Gasteiger partial charge is 0.445 e. The normalized spacial score (nSPS) is 51.9. The van der Waals surface area contributed by atoms with Gasteiger partial charge in [-0.15, -0.1) is 12.8 Å². The van der Waals surface area contributed by atoms with Crippen LogP contribution in [-0.4, -0.2) is 22.3 Å². The Balaban J connectivity index is 1.65. The van der Waals surface area contributed by atoms with E-state index >= 15 is 0 Å². The molecule has 0 aromatic rings. The minimum atomic E-state index is -0.941. The van der Waals surface area contributed by atoms with Crippen LogP contribution >= 0.6 is 0 Å². The number of hydrogen-bond donors (Lipinski definition) is 1. The zero-order valence-electron chi connectivity index (χ0n) is 17.6. The molecule has 3 heteroatoms. The van der Waals surface area contributed by atoms with Crippen LogP contribution in [0.3, 0.4) is 0 Å². The molecule has 4 aliphatic rings. The van der Waals surface area contributed by atoms with E-state index in [1.54, 1.807) is 0 Å². The molecule has 0 spiro atoms. The van der Waals surface area contributed by atoms with E-state index in [4.69, 9.17) is 17.6 Å². The van der Waals surface area contributed by atoms with Crippen LogP contribution in [0.15, 0.2) is 0 Å². The fourth-order valence-electron chi connectivity index (χ4n) is 8.06. The van der Waals surface area contributed by atoms with Gasteiger partial charge in [0.25, 0.3) is 0 Å². The predicted octanol–water partition coefficient (Wildman–Crippen LogP) is 4.33. The maximum Gasteiger partial charge on any atom is 0.307 e. The third-order valence-corrected chi connectivity index (χ3v) is 9.52. The molecular formula is C25H34O3. The number of ether oxygens (including phenoxy) is 1. The highest BCUT2D eigenvalue weighted by atomic mass is 16.6. The molecule has 0 saturated heterocycles. The lowest BCUT2D eigenvalue weighted by molar-refractivity contribution is -0.173. The molecule has 4 saturated carbocycles. The molecule has 0 bridgehead atoms. The SMILES string of the molecule is C#C[C@@]1(O)C[C@@H]2CC[C@@H]3[C@H](CC[C@@]4(C)[C@H]3CC[C@]4(C#C)OC(=O)CC)[C@@]2(C)C1. The first-order chi connectivity index (χ1) is 13.2. The van der Waals surface area contributed by atoms with Crippen LogP contribution in [0.1, 0.15) is 78.6 Å². The van der Waals surface area contributed by atoms with Crippen molar-refractivity contribution >= 4 is 5.97 Å². The van der Waals surface area contributed by atoms with E-state index in [0.29, 0.717) is 30.1 Å². The van der Waals surface area contributed by atoms with Crippen LogP contribution in [0, 0.1) is 59.2 Å². The number of carbonyl (C=O) groups excluding carboxylic acids is 1. The van der Waals surface area contributed by atoms with E-state index in [0.717, 1.165) is 44.9 Å². The van der Waals surface area contributed by atoms with Crippen LogP contribution < -0.4 is 0 Å². The third-order valence-electron chi connectivity index (χ3n) is 9.52. The zero-order valence-corrected chi connectivity index (χ0v) is 17.6. The Labute approximate surface area is 170 Å². The summed E-state index contributed by atoms with van der Waals surface area (Å²) in [5.41, 5.74) is -1.75. The number of carbonyl (C=O) groups is 1. The lowest BCUT2D eigenvalue weighted by Crippen LogP contribution is -2.55. The van der Waals surface area contributed by atoms with E-state index in [1.807, 2.05) is 6.92 Å². The van der Waals surface area contributed by atoms with E-state index in [9.17, 15) is 9.90 Å². The van der Waals surface area contributed by atoms with Crippen molar-refractivity contribution in [3.8, 4) is 24.7 Å². The summed E-state index contributed by atoms with van der Waals surface area (Å²) in [6, 6.07) is 0. The molecule has 0 aromatic carbocycles. The zero-order chi connectivity index (χ0) is 20.4. The molecule has 0 amide bonds. The number of hydrogen-bond acceptors (Lipinski definition) is 3. The minimum Gasteiger partial charge on any atom is -0.445 e. The van der Waals surface area contributed by atoms with Gasteiger partial charge >= 0.3 is 5.97 Å². The monoisotopic (exact) mass is 382 g/mol. The smallest absolute Gasteiger partial charge is 0.307 e. The lowest BCUT2D eigenvalue weighted by atomic mass is 9.47. The van der Waals surface area contributed by atoms with Crippen LogP contribution in [0.5, 0.6) is 0 Å². The van der Waals surface area contributed by atoms with Gasteiger partial charge in [0.05, 0.1) is 0 Å². The van der Waals surface area contributed by atoms with Crippen LogP contribution in [-0.2, 0) is 9.53 Å². The van der Waals surface area contributed by atoms with Crippen molar-refractivity contribution in [3.05, 3.63) is 0 Å². The van der Waals surface area contributed by atoms with E-state index in [2.05, 4.69) is 25.7 Å². The first-order valence-corrected chi connectivity index (χ1v) is 11.1. The summed E-state index contributed by atoms with van der Waals surface area (Å²) in [5, 5.41) is 10.9. The van der Waals surface area contributed by atoms with Crippen molar-refractivity contribution < 1.29 is 14.6 Å². The van der Waals surface area contributed by atoms with Crippen molar-refractivity contribution in [1.29, 1.82) is 0 Å². The van der Waals surface area contributed by atoms with Gasteiger partial charge in [-0.25, -0.2) is 0 Å². The molecule has 3 nitrogen and oxygen atoms in total. The van der Waals surface area contributed by atoms with Gasteiger partial charge in [-0.2, -0.15) is 0 Å². The van der Waals surface area contributed by atoms with Crippen molar-refractivity contribution in [2.24, 2.45) is 34.5 Å². The fourth-order valence-corrected chi connectivity index (χ4v) is 8.06. The summed E-state index contributed by atoms with van der Waals surface area (Å²) in [4.78, 5) is 12.2. The molecule has 152 valence electrons. The molecule has 0 aromatic heterocycles. The summed E-state index contributed by atoms with van der Waals surface area (Å²) in [5.74, 6) is 7.59. The molecule has 0 aliphatic heterocycles. The highest BCUT2D eigenvalue weighted by molar-refractivity contribution is 5.70. The summed E-state index contributed by atoms with van der Waals surface area (Å²) >= 11 is 0. The van der Waals surface area contributed by atoms with Gasteiger partial charge in [0, 0.05) is 11.8 Å². The Morgan fingerprint density at radius 3 is 2.46 bits per heavy atom.